The summed E-state index contributed by atoms with van der Waals surface area (Å²) < 4.78 is 14.0. The maximum atomic E-state index is 14.0. The lowest BCUT2D eigenvalue weighted by Crippen LogP contribution is -2.50. The number of carbonyl (C=O) groups is 1. The maximum absolute atomic E-state index is 14.0. The van der Waals surface area contributed by atoms with Gasteiger partial charge in [-0.3, -0.25) is 4.79 Å². The summed E-state index contributed by atoms with van der Waals surface area (Å²) in [5, 5.41) is 2.54. The zero-order valence-corrected chi connectivity index (χ0v) is 17.1. The van der Waals surface area contributed by atoms with Crippen LogP contribution in [-0.4, -0.2) is 52.9 Å². The highest BCUT2D eigenvalue weighted by atomic mass is 32.1. The van der Waals surface area contributed by atoms with Crippen LogP contribution in [-0.2, 0) is 11.2 Å². The molecule has 2 aliphatic heterocycles. The van der Waals surface area contributed by atoms with Crippen LogP contribution >= 0.6 is 11.3 Å². The Bertz CT molecular complexity index is 803. The second-order valence-electron chi connectivity index (χ2n) is 7.90. The van der Waals surface area contributed by atoms with Gasteiger partial charge in [-0.05, 0) is 57.3 Å². The van der Waals surface area contributed by atoms with E-state index in [1.165, 1.54) is 43.1 Å². The van der Waals surface area contributed by atoms with Crippen LogP contribution in [0.5, 0.6) is 0 Å². The third kappa shape index (κ3) is 4.61. The number of benzene rings is 1. The molecular formula is C22H28FN3OS. The van der Waals surface area contributed by atoms with Gasteiger partial charge in [-0.15, -0.1) is 11.3 Å². The van der Waals surface area contributed by atoms with Crippen molar-refractivity contribution in [3.63, 3.8) is 0 Å². The molecule has 0 bridgehead atoms. The standard InChI is InChI=1S/C22H28FN3OS/c23-20-10-3-2-9-19(20)22-24-17(16-28-22)14-21(27)26-13-7-4-8-18(26)15-25-11-5-1-6-12-25/h2-3,9-10,16,18H,1,4-8,11-15H2/t18-/m1/s1. The Morgan fingerprint density at radius 1 is 1.11 bits per heavy atom. The summed E-state index contributed by atoms with van der Waals surface area (Å²) in [7, 11) is 0. The lowest BCUT2D eigenvalue weighted by atomic mass is 9.99. The highest BCUT2D eigenvalue weighted by Gasteiger charge is 2.29. The molecule has 1 aromatic carbocycles. The number of aromatic nitrogens is 1. The van der Waals surface area contributed by atoms with E-state index >= 15 is 0 Å². The van der Waals surface area contributed by atoms with Gasteiger partial charge in [-0.2, -0.15) is 0 Å². The average molecular weight is 402 g/mol. The van der Waals surface area contributed by atoms with Crippen LogP contribution in [0.25, 0.3) is 10.6 Å². The average Bonchev–Trinajstić information content (AvgIpc) is 3.17. The normalized spacial score (nSPS) is 21.0. The van der Waals surface area contributed by atoms with E-state index in [4.69, 9.17) is 0 Å². The minimum atomic E-state index is -0.271. The van der Waals surface area contributed by atoms with E-state index in [0.29, 0.717) is 23.0 Å². The van der Waals surface area contributed by atoms with Crippen molar-refractivity contribution in [2.45, 2.75) is 51.0 Å². The fourth-order valence-electron chi connectivity index (χ4n) is 4.36. The van der Waals surface area contributed by atoms with Gasteiger partial charge in [0.2, 0.25) is 5.91 Å². The molecule has 150 valence electrons. The molecule has 0 spiro atoms. The number of rotatable bonds is 5. The van der Waals surface area contributed by atoms with Crippen LogP contribution in [0.1, 0.15) is 44.2 Å². The van der Waals surface area contributed by atoms with Crippen LogP contribution in [0.15, 0.2) is 29.6 Å². The number of thiazole rings is 1. The number of nitrogens with zero attached hydrogens (tertiary/aromatic N) is 3. The van der Waals surface area contributed by atoms with E-state index in [2.05, 4.69) is 14.8 Å². The van der Waals surface area contributed by atoms with Crippen molar-refractivity contribution in [1.29, 1.82) is 0 Å². The van der Waals surface area contributed by atoms with Crippen molar-refractivity contribution >= 4 is 17.2 Å². The number of likely N-dealkylation sites (tertiary alicyclic amines) is 2. The van der Waals surface area contributed by atoms with Gasteiger partial charge in [-0.25, -0.2) is 9.37 Å². The van der Waals surface area contributed by atoms with E-state index in [9.17, 15) is 9.18 Å². The first-order valence-corrected chi connectivity index (χ1v) is 11.3. The lowest BCUT2D eigenvalue weighted by molar-refractivity contribution is -0.134. The Balaban J connectivity index is 1.41. The highest BCUT2D eigenvalue weighted by Crippen LogP contribution is 2.27. The van der Waals surface area contributed by atoms with Gasteiger partial charge < -0.3 is 9.80 Å². The predicted molar refractivity (Wildman–Crippen MR) is 111 cm³/mol. The van der Waals surface area contributed by atoms with Crippen LogP contribution in [0.3, 0.4) is 0 Å². The molecule has 4 nitrogen and oxygen atoms in total. The third-order valence-corrected chi connectivity index (χ3v) is 6.78. The second-order valence-corrected chi connectivity index (χ2v) is 8.76. The fourth-order valence-corrected chi connectivity index (χ4v) is 5.21. The summed E-state index contributed by atoms with van der Waals surface area (Å²) in [6.45, 7) is 4.18. The molecule has 1 aromatic heterocycles. The Labute approximate surface area is 170 Å². The minimum Gasteiger partial charge on any atom is -0.338 e. The number of hydrogen-bond acceptors (Lipinski definition) is 4. The Morgan fingerprint density at radius 3 is 2.71 bits per heavy atom. The molecule has 0 radical (unpaired) electrons. The topological polar surface area (TPSA) is 36.4 Å². The van der Waals surface area contributed by atoms with Gasteiger partial charge in [0.25, 0.3) is 0 Å². The lowest BCUT2D eigenvalue weighted by Gasteiger charge is -2.39. The molecule has 0 aliphatic carbocycles. The van der Waals surface area contributed by atoms with E-state index < -0.39 is 0 Å². The summed E-state index contributed by atoms with van der Waals surface area (Å²) in [5.41, 5.74) is 1.25. The van der Waals surface area contributed by atoms with Crippen molar-refractivity contribution < 1.29 is 9.18 Å². The zero-order valence-electron chi connectivity index (χ0n) is 16.3. The molecule has 2 saturated heterocycles. The van der Waals surface area contributed by atoms with Gasteiger partial charge in [0.1, 0.15) is 10.8 Å². The number of halogens is 1. The number of amides is 1. The van der Waals surface area contributed by atoms with Crippen LogP contribution in [0.4, 0.5) is 4.39 Å². The quantitative estimate of drug-likeness (QED) is 0.747. The summed E-state index contributed by atoms with van der Waals surface area (Å²) in [6.07, 6.45) is 7.58. The van der Waals surface area contributed by atoms with Gasteiger partial charge in [0.05, 0.1) is 12.1 Å². The Hall–Kier alpha value is -1.79. The Morgan fingerprint density at radius 2 is 1.89 bits per heavy atom. The van der Waals surface area contributed by atoms with Gasteiger partial charge in [-0.1, -0.05) is 18.6 Å². The summed E-state index contributed by atoms with van der Waals surface area (Å²) in [6, 6.07) is 6.99. The molecule has 2 fully saturated rings. The molecule has 0 N–H and O–H groups in total. The van der Waals surface area contributed by atoms with Crippen LogP contribution in [0.2, 0.25) is 0 Å². The third-order valence-electron chi connectivity index (χ3n) is 5.85. The summed E-state index contributed by atoms with van der Waals surface area (Å²) >= 11 is 1.40. The van der Waals surface area contributed by atoms with Crippen LogP contribution < -0.4 is 0 Å². The van der Waals surface area contributed by atoms with Crippen molar-refractivity contribution in [1.82, 2.24) is 14.8 Å². The van der Waals surface area contributed by atoms with Crippen molar-refractivity contribution in [3.8, 4) is 10.6 Å². The van der Waals surface area contributed by atoms with Crippen molar-refractivity contribution in [2.75, 3.05) is 26.2 Å². The molecular weight excluding hydrogens is 373 g/mol. The summed E-state index contributed by atoms with van der Waals surface area (Å²) in [4.78, 5) is 22.2. The van der Waals surface area contributed by atoms with Gasteiger partial charge in [0.15, 0.2) is 0 Å². The first-order chi connectivity index (χ1) is 13.7. The molecule has 1 atom stereocenters. The highest BCUT2D eigenvalue weighted by molar-refractivity contribution is 7.13. The van der Waals surface area contributed by atoms with E-state index in [-0.39, 0.29) is 11.7 Å². The smallest absolute Gasteiger partial charge is 0.228 e. The molecule has 6 heteroatoms. The second kappa shape index (κ2) is 9.14. The zero-order chi connectivity index (χ0) is 19.3. The van der Waals surface area contributed by atoms with E-state index in [1.807, 2.05) is 11.4 Å². The molecule has 2 aliphatic rings. The molecule has 2 aromatic rings. The van der Waals surface area contributed by atoms with Crippen molar-refractivity contribution in [2.24, 2.45) is 0 Å². The number of piperidine rings is 2. The Kier molecular flexibility index (Phi) is 6.37. The molecule has 4 rings (SSSR count). The van der Waals surface area contributed by atoms with Gasteiger partial charge >= 0.3 is 0 Å². The monoisotopic (exact) mass is 401 g/mol. The molecule has 3 heterocycles. The number of hydrogen-bond donors (Lipinski definition) is 0. The van der Waals surface area contributed by atoms with Gasteiger partial charge in [0, 0.05) is 30.1 Å². The first-order valence-electron chi connectivity index (χ1n) is 10.4. The van der Waals surface area contributed by atoms with Crippen molar-refractivity contribution in [3.05, 3.63) is 41.2 Å². The largest absolute Gasteiger partial charge is 0.338 e. The SMILES string of the molecule is O=C(Cc1csc(-c2ccccc2F)n1)N1CCCC[C@@H]1CN1CCCCC1. The van der Waals surface area contributed by atoms with E-state index in [1.54, 1.807) is 12.1 Å². The molecule has 0 saturated carbocycles. The maximum Gasteiger partial charge on any atom is 0.228 e. The summed E-state index contributed by atoms with van der Waals surface area (Å²) in [5.74, 6) is -0.112. The number of carbonyl (C=O) groups excluding carboxylic acids is 1. The molecule has 28 heavy (non-hydrogen) atoms. The molecule has 1 amide bonds. The van der Waals surface area contributed by atoms with E-state index in [0.717, 1.165) is 44.7 Å². The first kappa shape index (κ1) is 19.5. The predicted octanol–water partition coefficient (Wildman–Crippen LogP) is 4.36. The fraction of sp³-hybridized carbons (Fsp3) is 0.545. The minimum absolute atomic E-state index is 0.159. The van der Waals surface area contributed by atoms with Crippen LogP contribution in [0, 0.1) is 5.82 Å². The molecule has 0 unspecified atom stereocenters.